The lowest BCUT2D eigenvalue weighted by atomic mass is 9.89. The molecule has 1 fully saturated rings. The number of likely N-dealkylation sites (tertiary alicyclic amines) is 1. The van der Waals surface area contributed by atoms with Gasteiger partial charge in [0.2, 0.25) is 0 Å². The van der Waals surface area contributed by atoms with E-state index in [1.807, 2.05) is 36.4 Å². The van der Waals surface area contributed by atoms with Crippen molar-refractivity contribution in [3.05, 3.63) is 95.6 Å². The third kappa shape index (κ3) is 5.48. The molecule has 0 aliphatic carbocycles. The van der Waals surface area contributed by atoms with E-state index in [0.29, 0.717) is 54.0 Å². The maximum atomic E-state index is 12.8. The van der Waals surface area contributed by atoms with E-state index in [-0.39, 0.29) is 23.6 Å². The Kier molecular flexibility index (Phi) is 6.99. The number of nitrogens with zero attached hydrogens (tertiary/aromatic N) is 2. The number of rotatable bonds is 5. The Hall–Kier alpha value is -4.44. The number of ketones is 1. The van der Waals surface area contributed by atoms with Crippen LogP contribution in [0.2, 0.25) is 0 Å². The minimum Gasteiger partial charge on any atom is -0.324 e. The van der Waals surface area contributed by atoms with Crippen LogP contribution in [0.1, 0.15) is 39.1 Å². The van der Waals surface area contributed by atoms with Gasteiger partial charge in [-0.15, -0.1) is 0 Å². The van der Waals surface area contributed by atoms with Crippen molar-refractivity contribution < 1.29 is 14.4 Å². The first-order valence-corrected chi connectivity index (χ1v) is 11.1. The highest BCUT2D eigenvalue weighted by Gasteiger charge is 2.28. The molecule has 0 unspecified atom stereocenters. The first kappa shape index (κ1) is 22.7. The Labute approximate surface area is 198 Å². The summed E-state index contributed by atoms with van der Waals surface area (Å²) < 4.78 is 0. The molecule has 0 bridgehead atoms. The molecule has 0 radical (unpaired) electrons. The Morgan fingerprint density at radius 2 is 1.44 bits per heavy atom. The zero-order valence-corrected chi connectivity index (χ0v) is 18.5. The van der Waals surface area contributed by atoms with E-state index in [0.717, 1.165) is 0 Å². The number of Topliss-reactive ketones (excluding diaryl/α,β-unsaturated/α-hetero) is 1. The quantitative estimate of drug-likeness (QED) is 0.536. The SMILES string of the molecule is N#Cc1cccc(NC(=O)c2cccc(NC(=O)N3CCC(C(=O)c4ccccc4)CC3)c2)c1. The van der Waals surface area contributed by atoms with Crippen molar-refractivity contribution in [1.29, 1.82) is 5.26 Å². The molecule has 3 amide bonds. The Morgan fingerprint density at radius 3 is 2.15 bits per heavy atom. The van der Waals surface area contributed by atoms with Gasteiger partial charge in [0.1, 0.15) is 0 Å². The normalized spacial score (nSPS) is 13.6. The van der Waals surface area contributed by atoms with Gasteiger partial charge in [0.15, 0.2) is 5.78 Å². The van der Waals surface area contributed by atoms with Crippen molar-refractivity contribution in [3.8, 4) is 6.07 Å². The van der Waals surface area contributed by atoms with Crippen LogP contribution in [0.3, 0.4) is 0 Å². The molecule has 170 valence electrons. The second-order valence-electron chi connectivity index (χ2n) is 8.15. The van der Waals surface area contributed by atoms with Gasteiger partial charge in [-0.2, -0.15) is 5.26 Å². The number of anilines is 2. The zero-order chi connectivity index (χ0) is 23.9. The number of benzene rings is 3. The van der Waals surface area contributed by atoms with Crippen molar-refractivity contribution in [3.63, 3.8) is 0 Å². The minimum absolute atomic E-state index is 0.0852. The average Bonchev–Trinajstić information content (AvgIpc) is 2.89. The fourth-order valence-corrected chi connectivity index (χ4v) is 3.99. The van der Waals surface area contributed by atoms with Gasteiger partial charge in [-0.1, -0.05) is 42.5 Å². The molecule has 1 aliphatic rings. The molecule has 0 spiro atoms. The monoisotopic (exact) mass is 452 g/mol. The lowest BCUT2D eigenvalue weighted by Crippen LogP contribution is -2.42. The minimum atomic E-state index is -0.341. The molecule has 0 saturated carbocycles. The van der Waals surface area contributed by atoms with Gasteiger partial charge >= 0.3 is 6.03 Å². The van der Waals surface area contributed by atoms with Crippen LogP contribution >= 0.6 is 0 Å². The van der Waals surface area contributed by atoms with Gasteiger partial charge in [0, 0.05) is 41.5 Å². The number of amides is 3. The lowest BCUT2D eigenvalue weighted by Gasteiger charge is -2.31. The van der Waals surface area contributed by atoms with E-state index >= 15 is 0 Å². The van der Waals surface area contributed by atoms with Crippen molar-refractivity contribution >= 4 is 29.1 Å². The third-order valence-electron chi connectivity index (χ3n) is 5.84. The number of hydrogen-bond donors (Lipinski definition) is 2. The summed E-state index contributed by atoms with van der Waals surface area (Å²) in [7, 11) is 0. The molecule has 2 N–H and O–H groups in total. The lowest BCUT2D eigenvalue weighted by molar-refractivity contribution is 0.0859. The van der Waals surface area contributed by atoms with Crippen molar-refractivity contribution in [1.82, 2.24) is 4.90 Å². The molecule has 1 saturated heterocycles. The molecular formula is C27H24N4O3. The zero-order valence-electron chi connectivity index (χ0n) is 18.5. The highest BCUT2D eigenvalue weighted by molar-refractivity contribution is 6.05. The van der Waals surface area contributed by atoms with Crippen LogP contribution in [0.5, 0.6) is 0 Å². The van der Waals surface area contributed by atoms with Crippen LogP contribution in [-0.2, 0) is 0 Å². The van der Waals surface area contributed by atoms with Gasteiger partial charge in [-0.25, -0.2) is 4.79 Å². The third-order valence-corrected chi connectivity index (χ3v) is 5.84. The van der Waals surface area contributed by atoms with E-state index in [2.05, 4.69) is 10.6 Å². The van der Waals surface area contributed by atoms with E-state index < -0.39 is 0 Å². The van der Waals surface area contributed by atoms with E-state index in [1.165, 1.54) is 0 Å². The summed E-state index contributed by atoms with van der Waals surface area (Å²) in [6.07, 6.45) is 1.23. The largest absolute Gasteiger partial charge is 0.324 e. The fraction of sp³-hybridized carbons (Fsp3) is 0.185. The predicted molar refractivity (Wildman–Crippen MR) is 130 cm³/mol. The average molecular weight is 453 g/mol. The molecule has 3 aromatic carbocycles. The first-order valence-electron chi connectivity index (χ1n) is 11.1. The summed E-state index contributed by atoms with van der Waals surface area (Å²) in [5.74, 6) is -0.302. The molecular weight excluding hydrogens is 428 g/mol. The molecule has 7 nitrogen and oxygen atoms in total. The smallest absolute Gasteiger partial charge is 0.321 e. The van der Waals surface area contributed by atoms with Crippen LogP contribution in [0.4, 0.5) is 16.2 Å². The molecule has 1 heterocycles. The molecule has 0 atom stereocenters. The fourth-order valence-electron chi connectivity index (χ4n) is 3.99. The van der Waals surface area contributed by atoms with Crippen LogP contribution in [0.25, 0.3) is 0 Å². The Bertz CT molecular complexity index is 1240. The first-order chi connectivity index (χ1) is 16.5. The summed E-state index contributed by atoms with van der Waals surface area (Å²) in [5.41, 5.74) is 2.57. The number of nitrogens with one attached hydrogen (secondary N) is 2. The highest BCUT2D eigenvalue weighted by Crippen LogP contribution is 2.23. The maximum Gasteiger partial charge on any atom is 0.321 e. The van der Waals surface area contributed by atoms with E-state index in [1.54, 1.807) is 53.4 Å². The number of carbonyl (C=O) groups excluding carboxylic acids is 3. The van der Waals surface area contributed by atoms with Crippen LogP contribution in [0.15, 0.2) is 78.9 Å². The number of piperidine rings is 1. The molecule has 1 aliphatic heterocycles. The van der Waals surface area contributed by atoms with E-state index in [9.17, 15) is 14.4 Å². The molecule has 7 heteroatoms. The molecule has 34 heavy (non-hydrogen) atoms. The van der Waals surface area contributed by atoms with Gasteiger partial charge < -0.3 is 15.5 Å². The predicted octanol–water partition coefficient (Wildman–Crippen LogP) is 4.94. The topological polar surface area (TPSA) is 102 Å². The van der Waals surface area contributed by atoms with E-state index in [4.69, 9.17) is 5.26 Å². The van der Waals surface area contributed by atoms with Crippen molar-refractivity contribution in [2.45, 2.75) is 12.8 Å². The van der Waals surface area contributed by atoms with Crippen molar-refractivity contribution in [2.75, 3.05) is 23.7 Å². The molecule has 0 aromatic heterocycles. The summed E-state index contributed by atoms with van der Waals surface area (Å²) in [5, 5.41) is 14.6. The molecule has 4 rings (SSSR count). The van der Waals surface area contributed by atoms with Crippen LogP contribution in [-0.4, -0.2) is 35.7 Å². The highest BCUT2D eigenvalue weighted by atomic mass is 16.2. The summed E-state index contributed by atoms with van der Waals surface area (Å²) in [4.78, 5) is 39.7. The van der Waals surface area contributed by atoms with Gasteiger partial charge in [0.25, 0.3) is 5.91 Å². The summed E-state index contributed by atoms with van der Waals surface area (Å²) in [6, 6.07) is 24.3. The van der Waals surface area contributed by atoms with Gasteiger partial charge in [-0.3, -0.25) is 9.59 Å². The van der Waals surface area contributed by atoms with Crippen LogP contribution < -0.4 is 10.6 Å². The summed E-state index contributed by atoms with van der Waals surface area (Å²) in [6.45, 7) is 0.981. The maximum absolute atomic E-state index is 12.8. The molecule has 3 aromatic rings. The number of urea groups is 1. The second-order valence-corrected chi connectivity index (χ2v) is 8.15. The number of hydrogen-bond acceptors (Lipinski definition) is 4. The Balaban J connectivity index is 1.33. The standard InChI is InChI=1S/C27H24N4O3/c28-18-19-6-4-10-23(16-19)29-26(33)22-9-5-11-24(17-22)30-27(34)31-14-12-21(13-15-31)25(32)20-7-2-1-3-8-20/h1-11,16-17,21H,12-15H2,(H,29,33)(H,30,34). The Morgan fingerprint density at radius 1 is 0.794 bits per heavy atom. The van der Waals surface area contributed by atoms with Crippen molar-refractivity contribution in [2.24, 2.45) is 5.92 Å². The number of nitriles is 1. The van der Waals surface area contributed by atoms with Gasteiger partial charge in [-0.05, 0) is 49.2 Å². The summed E-state index contributed by atoms with van der Waals surface area (Å²) >= 11 is 0. The van der Waals surface area contributed by atoms with Crippen LogP contribution in [0, 0.1) is 17.2 Å². The number of carbonyl (C=O) groups is 3. The van der Waals surface area contributed by atoms with Gasteiger partial charge in [0.05, 0.1) is 11.6 Å². The second kappa shape index (κ2) is 10.5.